The van der Waals surface area contributed by atoms with Gasteiger partial charge in [0.25, 0.3) is 0 Å². The van der Waals surface area contributed by atoms with Gasteiger partial charge in [0.15, 0.2) is 5.78 Å². The fourth-order valence-electron chi connectivity index (χ4n) is 4.14. The lowest BCUT2D eigenvalue weighted by molar-refractivity contribution is -0.115. The van der Waals surface area contributed by atoms with E-state index in [1.54, 1.807) is 0 Å². The van der Waals surface area contributed by atoms with Crippen molar-refractivity contribution in [2.75, 3.05) is 5.75 Å². The van der Waals surface area contributed by atoms with Crippen LogP contribution in [0.5, 0.6) is 0 Å². The Labute approximate surface area is 173 Å². The van der Waals surface area contributed by atoms with Gasteiger partial charge in [-0.05, 0) is 66.7 Å². The number of aliphatic hydroxyl groups is 1. The Hall–Kier alpha value is -2.00. The maximum absolute atomic E-state index is 13.0. The minimum atomic E-state index is 0.103. The van der Waals surface area contributed by atoms with Gasteiger partial charge in [-0.2, -0.15) is 0 Å². The number of rotatable bonds is 7. The fourth-order valence-corrected chi connectivity index (χ4v) is 5.18. The number of allylic oxidation sites excluding steroid dienone is 2. The zero-order valence-corrected chi connectivity index (χ0v) is 17.9. The van der Waals surface area contributed by atoms with E-state index >= 15 is 0 Å². The van der Waals surface area contributed by atoms with Crippen molar-refractivity contribution in [3.63, 3.8) is 0 Å². The number of carbonyl (C=O) groups is 1. The van der Waals surface area contributed by atoms with E-state index in [-0.39, 0.29) is 11.7 Å². The largest absolute Gasteiger partial charge is 0.512 e. The van der Waals surface area contributed by atoms with Crippen molar-refractivity contribution < 1.29 is 9.90 Å². The van der Waals surface area contributed by atoms with Gasteiger partial charge in [0.1, 0.15) is 5.76 Å². The molecule has 0 radical (unpaired) electrons. The van der Waals surface area contributed by atoms with Crippen molar-refractivity contribution in [1.82, 2.24) is 0 Å². The molecule has 148 valence electrons. The molecule has 2 aromatic carbocycles. The topological polar surface area (TPSA) is 37.3 Å². The van der Waals surface area contributed by atoms with Gasteiger partial charge in [0.2, 0.25) is 0 Å². The van der Waals surface area contributed by atoms with E-state index < -0.39 is 0 Å². The summed E-state index contributed by atoms with van der Waals surface area (Å²) >= 11 is 1.82. The summed E-state index contributed by atoms with van der Waals surface area (Å²) in [6.07, 6.45) is 3.82. The Bertz CT molecular complexity index is 842. The van der Waals surface area contributed by atoms with Gasteiger partial charge in [-0.1, -0.05) is 49.7 Å². The second kappa shape index (κ2) is 9.47. The van der Waals surface area contributed by atoms with Crippen LogP contribution < -0.4 is 0 Å². The lowest BCUT2D eigenvalue weighted by Crippen LogP contribution is -2.21. The average Bonchev–Trinajstić information content (AvgIpc) is 2.68. The monoisotopic (exact) mass is 394 g/mol. The maximum atomic E-state index is 13.0. The first-order valence-electron chi connectivity index (χ1n) is 10.3. The number of aryl methyl sites for hydroxylation is 3. The third-order valence-corrected chi connectivity index (χ3v) is 6.56. The summed E-state index contributed by atoms with van der Waals surface area (Å²) in [6.45, 7) is 6.33. The molecule has 0 saturated heterocycles. The molecular formula is C25H30O2S. The summed E-state index contributed by atoms with van der Waals surface area (Å²) in [5, 5.41) is 10.8. The molecule has 0 heterocycles. The zero-order chi connectivity index (χ0) is 20.1. The number of thioether (sulfide) groups is 1. The Morgan fingerprint density at radius 3 is 2.25 bits per heavy atom. The van der Waals surface area contributed by atoms with Gasteiger partial charge in [-0.3, -0.25) is 4.79 Å². The Morgan fingerprint density at radius 1 is 1.04 bits per heavy atom. The third-order valence-electron chi connectivity index (χ3n) is 5.52. The molecule has 2 aromatic rings. The van der Waals surface area contributed by atoms with Crippen LogP contribution in [0, 0.1) is 12.8 Å². The molecule has 1 aliphatic rings. The predicted molar refractivity (Wildman–Crippen MR) is 119 cm³/mol. The van der Waals surface area contributed by atoms with Crippen LogP contribution in [0.2, 0.25) is 0 Å². The fraction of sp³-hybridized carbons (Fsp3) is 0.400. The summed E-state index contributed by atoms with van der Waals surface area (Å²) in [5.74, 6) is 1.59. The molecule has 1 atom stereocenters. The number of benzene rings is 2. The van der Waals surface area contributed by atoms with E-state index in [0.717, 1.165) is 30.6 Å². The number of hydrogen-bond acceptors (Lipinski definition) is 3. The third kappa shape index (κ3) is 4.70. The van der Waals surface area contributed by atoms with Crippen molar-refractivity contribution in [3.8, 4) is 0 Å². The Kier molecular flexibility index (Phi) is 7.01. The van der Waals surface area contributed by atoms with Gasteiger partial charge in [0.05, 0.1) is 5.57 Å². The molecule has 0 saturated carbocycles. The SMILES string of the molecule is CCc1cc(C)cc(CC)c1C1=C(O)CC(CCSc2ccccc2)CC1=O. The molecule has 1 unspecified atom stereocenters. The highest BCUT2D eigenvalue weighted by Gasteiger charge is 2.30. The van der Waals surface area contributed by atoms with Crippen molar-refractivity contribution >= 4 is 23.1 Å². The Balaban J connectivity index is 1.78. The molecule has 3 rings (SSSR count). The van der Waals surface area contributed by atoms with E-state index in [9.17, 15) is 9.90 Å². The van der Waals surface area contributed by atoms with Crippen LogP contribution in [0.3, 0.4) is 0 Å². The first kappa shape index (κ1) is 20.7. The second-order valence-electron chi connectivity index (χ2n) is 7.63. The highest BCUT2D eigenvalue weighted by molar-refractivity contribution is 7.99. The summed E-state index contributed by atoms with van der Waals surface area (Å²) in [6, 6.07) is 14.7. The van der Waals surface area contributed by atoms with Crippen LogP contribution in [0.25, 0.3) is 5.57 Å². The molecule has 0 fully saturated rings. The molecule has 2 nitrogen and oxygen atoms in total. The zero-order valence-electron chi connectivity index (χ0n) is 17.1. The number of ketones is 1. The lowest BCUT2D eigenvalue weighted by atomic mass is 9.79. The number of carbonyl (C=O) groups excluding carboxylic acids is 1. The van der Waals surface area contributed by atoms with Crippen molar-refractivity contribution in [2.45, 2.75) is 57.8 Å². The van der Waals surface area contributed by atoms with Crippen LogP contribution in [0.15, 0.2) is 53.1 Å². The van der Waals surface area contributed by atoms with E-state index in [1.165, 1.54) is 21.6 Å². The summed E-state index contributed by atoms with van der Waals surface area (Å²) in [5.41, 5.74) is 5.14. The highest BCUT2D eigenvalue weighted by Crippen LogP contribution is 2.38. The van der Waals surface area contributed by atoms with E-state index in [0.29, 0.717) is 24.2 Å². The molecule has 0 bridgehead atoms. The smallest absolute Gasteiger partial charge is 0.167 e. The normalized spacial score (nSPS) is 17.2. The molecule has 0 aliphatic heterocycles. The van der Waals surface area contributed by atoms with Crippen LogP contribution in [-0.4, -0.2) is 16.6 Å². The molecule has 0 spiro atoms. The molecule has 1 aliphatic carbocycles. The quantitative estimate of drug-likeness (QED) is 0.541. The molecule has 0 aromatic heterocycles. The number of hydrogen-bond donors (Lipinski definition) is 1. The molecule has 1 N–H and O–H groups in total. The Morgan fingerprint density at radius 2 is 1.68 bits per heavy atom. The number of aliphatic hydroxyl groups excluding tert-OH is 1. The minimum absolute atomic E-state index is 0.103. The van der Waals surface area contributed by atoms with Crippen LogP contribution in [-0.2, 0) is 17.6 Å². The van der Waals surface area contributed by atoms with Gasteiger partial charge < -0.3 is 5.11 Å². The standard InChI is InChI=1S/C25H30O2S/c1-4-19-13-17(3)14-20(5-2)24(19)25-22(26)15-18(16-23(25)27)11-12-28-21-9-7-6-8-10-21/h6-10,13-14,18,26H,4-5,11-12,15-16H2,1-3H3. The van der Waals surface area contributed by atoms with E-state index in [1.807, 2.05) is 30.0 Å². The van der Waals surface area contributed by atoms with Gasteiger partial charge in [-0.25, -0.2) is 0 Å². The van der Waals surface area contributed by atoms with Gasteiger partial charge in [0, 0.05) is 17.7 Å². The molecular weight excluding hydrogens is 364 g/mol. The van der Waals surface area contributed by atoms with Crippen LogP contribution in [0.4, 0.5) is 0 Å². The van der Waals surface area contributed by atoms with Crippen LogP contribution in [0.1, 0.15) is 55.4 Å². The summed E-state index contributed by atoms with van der Waals surface area (Å²) < 4.78 is 0. The van der Waals surface area contributed by atoms with Gasteiger partial charge in [-0.15, -0.1) is 11.8 Å². The van der Waals surface area contributed by atoms with Gasteiger partial charge >= 0.3 is 0 Å². The van der Waals surface area contributed by atoms with Crippen molar-refractivity contribution in [3.05, 3.63) is 70.5 Å². The molecule has 0 amide bonds. The average molecular weight is 395 g/mol. The summed E-state index contributed by atoms with van der Waals surface area (Å²) in [4.78, 5) is 14.3. The van der Waals surface area contributed by atoms with E-state index in [2.05, 4.69) is 45.0 Å². The molecule has 3 heteroatoms. The first-order chi connectivity index (χ1) is 13.5. The summed E-state index contributed by atoms with van der Waals surface area (Å²) in [7, 11) is 0. The van der Waals surface area contributed by atoms with Crippen molar-refractivity contribution in [1.29, 1.82) is 0 Å². The van der Waals surface area contributed by atoms with E-state index in [4.69, 9.17) is 0 Å². The predicted octanol–water partition coefficient (Wildman–Crippen LogP) is 6.55. The van der Waals surface area contributed by atoms with Crippen molar-refractivity contribution in [2.24, 2.45) is 5.92 Å². The lowest BCUT2D eigenvalue weighted by Gasteiger charge is -2.26. The first-order valence-corrected chi connectivity index (χ1v) is 11.3. The molecule has 28 heavy (non-hydrogen) atoms. The number of Topliss-reactive ketones (excluding diaryl/α,β-unsaturated/α-hetero) is 1. The second-order valence-corrected chi connectivity index (χ2v) is 8.80. The van der Waals surface area contributed by atoms with Crippen LogP contribution >= 0.6 is 11.8 Å². The minimum Gasteiger partial charge on any atom is -0.512 e. The maximum Gasteiger partial charge on any atom is 0.167 e. The highest BCUT2D eigenvalue weighted by atomic mass is 32.2.